The van der Waals surface area contributed by atoms with E-state index in [4.69, 9.17) is 14.0 Å². The molecule has 0 atom stereocenters. The number of nitrogens with zero attached hydrogens (tertiary/aromatic N) is 1. The minimum absolute atomic E-state index is 0.0562. The van der Waals surface area contributed by atoms with Crippen LogP contribution in [-0.2, 0) is 11.3 Å². The topological polar surface area (TPSA) is 61.6 Å². The fourth-order valence-corrected chi connectivity index (χ4v) is 2.31. The van der Waals surface area contributed by atoms with Gasteiger partial charge in [0.25, 0.3) is 0 Å². The molecule has 0 aliphatic heterocycles. The van der Waals surface area contributed by atoms with Crippen LogP contribution in [0.1, 0.15) is 21.6 Å². The third-order valence-electron chi connectivity index (χ3n) is 3.63. The van der Waals surface area contributed by atoms with Crippen molar-refractivity contribution in [1.82, 2.24) is 5.16 Å². The highest BCUT2D eigenvalue weighted by Gasteiger charge is 2.12. The number of hydrogen-bond donors (Lipinski definition) is 0. The van der Waals surface area contributed by atoms with Gasteiger partial charge in [-0.2, -0.15) is 0 Å². The molecule has 5 heteroatoms. The first kappa shape index (κ1) is 15.8. The Morgan fingerprint density at radius 2 is 1.96 bits per heavy atom. The van der Waals surface area contributed by atoms with E-state index in [9.17, 15) is 4.79 Å². The Balaban J connectivity index is 1.68. The standard InChI is InChI=1S/C19H17NO4/c1-13-6-3-4-9-17(13)19(21)23-12-15-11-18(24-20-15)14-7-5-8-16(10-14)22-2/h3-11H,12H2,1-2H3. The number of hydrogen-bond acceptors (Lipinski definition) is 5. The van der Waals surface area contributed by atoms with Gasteiger partial charge < -0.3 is 14.0 Å². The van der Waals surface area contributed by atoms with Crippen molar-refractivity contribution in [2.24, 2.45) is 0 Å². The molecular formula is C19H17NO4. The minimum Gasteiger partial charge on any atom is -0.497 e. The predicted molar refractivity (Wildman–Crippen MR) is 88.8 cm³/mol. The maximum Gasteiger partial charge on any atom is 0.338 e. The molecule has 24 heavy (non-hydrogen) atoms. The molecule has 5 nitrogen and oxygen atoms in total. The number of ether oxygens (including phenoxy) is 2. The van der Waals surface area contributed by atoms with Crippen molar-refractivity contribution >= 4 is 5.97 Å². The van der Waals surface area contributed by atoms with Crippen molar-refractivity contribution < 1.29 is 18.8 Å². The van der Waals surface area contributed by atoms with Crippen LogP contribution < -0.4 is 4.74 Å². The highest BCUT2D eigenvalue weighted by molar-refractivity contribution is 5.90. The van der Waals surface area contributed by atoms with Crippen LogP contribution in [0.5, 0.6) is 5.75 Å². The first-order chi connectivity index (χ1) is 11.7. The largest absolute Gasteiger partial charge is 0.497 e. The highest BCUT2D eigenvalue weighted by Crippen LogP contribution is 2.24. The molecular weight excluding hydrogens is 306 g/mol. The summed E-state index contributed by atoms with van der Waals surface area (Å²) in [5.41, 5.74) is 2.82. The fraction of sp³-hybridized carbons (Fsp3) is 0.158. The molecule has 0 N–H and O–H groups in total. The Morgan fingerprint density at radius 3 is 2.75 bits per heavy atom. The summed E-state index contributed by atoms with van der Waals surface area (Å²) >= 11 is 0. The molecule has 2 aromatic carbocycles. The summed E-state index contributed by atoms with van der Waals surface area (Å²) in [5.74, 6) is 0.950. The second-order valence-corrected chi connectivity index (χ2v) is 5.31. The molecule has 0 spiro atoms. The van der Waals surface area contributed by atoms with Crippen molar-refractivity contribution in [2.75, 3.05) is 7.11 Å². The Bertz CT molecular complexity index is 854. The SMILES string of the molecule is COc1cccc(-c2cc(COC(=O)c3ccccc3C)no2)c1. The molecule has 0 saturated carbocycles. The molecule has 0 fully saturated rings. The summed E-state index contributed by atoms with van der Waals surface area (Å²) in [5, 5.41) is 3.94. The zero-order valence-corrected chi connectivity index (χ0v) is 13.5. The second-order valence-electron chi connectivity index (χ2n) is 5.31. The fourth-order valence-electron chi connectivity index (χ4n) is 2.31. The minimum atomic E-state index is -0.376. The number of carbonyl (C=O) groups excluding carboxylic acids is 1. The van der Waals surface area contributed by atoms with Crippen LogP contribution in [0, 0.1) is 6.92 Å². The molecule has 0 aliphatic carbocycles. The van der Waals surface area contributed by atoms with E-state index in [1.54, 1.807) is 25.3 Å². The summed E-state index contributed by atoms with van der Waals surface area (Å²) in [4.78, 5) is 12.1. The van der Waals surface area contributed by atoms with Crippen molar-refractivity contribution in [3.05, 3.63) is 71.4 Å². The van der Waals surface area contributed by atoms with Gasteiger partial charge in [-0.25, -0.2) is 4.79 Å². The first-order valence-corrected chi connectivity index (χ1v) is 7.50. The Labute approximate surface area is 139 Å². The smallest absolute Gasteiger partial charge is 0.338 e. The summed E-state index contributed by atoms with van der Waals surface area (Å²) in [7, 11) is 1.61. The van der Waals surface area contributed by atoms with E-state index in [-0.39, 0.29) is 12.6 Å². The van der Waals surface area contributed by atoms with Gasteiger partial charge in [0, 0.05) is 11.6 Å². The zero-order valence-electron chi connectivity index (χ0n) is 13.5. The van der Waals surface area contributed by atoms with Crippen molar-refractivity contribution in [1.29, 1.82) is 0 Å². The number of aromatic nitrogens is 1. The van der Waals surface area contributed by atoms with Crippen LogP contribution in [0.25, 0.3) is 11.3 Å². The zero-order chi connectivity index (χ0) is 16.9. The molecule has 0 aliphatic rings. The number of methoxy groups -OCH3 is 1. The number of esters is 1. The lowest BCUT2D eigenvalue weighted by Gasteiger charge is -2.04. The van der Waals surface area contributed by atoms with Gasteiger partial charge >= 0.3 is 5.97 Å². The van der Waals surface area contributed by atoms with Gasteiger partial charge in [-0.1, -0.05) is 35.5 Å². The number of benzene rings is 2. The number of carbonyl (C=O) groups is 1. The quantitative estimate of drug-likeness (QED) is 0.664. The summed E-state index contributed by atoms with van der Waals surface area (Å²) in [6.45, 7) is 1.92. The Morgan fingerprint density at radius 1 is 1.12 bits per heavy atom. The van der Waals surface area contributed by atoms with Gasteiger partial charge in [0.15, 0.2) is 5.76 Å². The third-order valence-corrected chi connectivity index (χ3v) is 3.63. The molecule has 3 aromatic rings. The van der Waals surface area contributed by atoms with Crippen molar-refractivity contribution in [2.45, 2.75) is 13.5 Å². The van der Waals surface area contributed by atoms with Gasteiger partial charge in [-0.15, -0.1) is 0 Å². The summed E-state index contributed by atoms with van der Waals surface area (Å²) in [6.07, 6.45) is 0. The lowest BCUT2D eigenvalue weighted by atomic mass is 10.1. The van der Waals surface area contributed by atoms with E-state index in [1.807, 2.05) is 43.3 Å². The van der Waals surface area contributed by atoms with E-state index in [0.29, 0.717) is 17.0 Å². The molecule has 122 valence electrons. The molecule has 3 rings (SSSR count). The number of aryl methyl sites for hydroxylation is 1. The molecule has 0 unspecified atom stereocenters. The van der Waals surface area contributed by atoms with Crippen LogP contribution in [0.15, 0.2) is 59.1 Å². The second kappa shape index (κ2) is 7.00. The molecule has 1 aromatic heterocycles. The lowest BCUT2D eigenvalue weighted by Crippen LogP contribution is -2.07. The van der Waals surface area contributed by atoms with Crippen molar-refractivity contribution in [3.63, 3.8) is 0 Å². The van der Waals surface area contributed by atoms with E-state index < -0.39 is 0 Å². The maximum absolute atomic E-state index is 12.1. The Hall–Kier alpha value is -3.08. The normalized spacial score (nSPS) is 10.4. The molecule has 0 amide bonds. The monoisotopic (exact) mass is 323 g/mol. The molecule has 0 bridgehead atoms. The first-order valence-electron chi connectivity index (χ1n) is 7.50. The van der Waals surface area contributed by atoms with Crippen LogP contribution in [0.3, 0.4) is 0 Å². The van der Waals surface area contributed by atoms with Crippen LogP contribution >= 0.6 is 0 Å². The van der Waals surface area contributed by atoms with Crippen molar-refractivity contribution in [3.8, 4) is 17.1 Å². The third kappa shape index (κ3) is 3.46. The highest BCUT2D eigenvalue weighted by atomic mass is 16.5. The summed E-state index contributed by atoms with van der Waals surface area (Å²) in [6, 6.07) is 16.5. The van der Waals surface area contributed by atoms with Gasteiger partial charge in [-0.05, 0) is 30.7 Å². The average molecular weight is 323 g/mol. The van der Waals surface area contributed by atoms with Crippen LogP contribution in [0.4, 0.5) is 0 Å². The van der Waals surface area contributed by atoms with Crippen LogP contribution in [-0.4, -0.2) is 18.2 Å². The summed E-state index contributed by atoms with van der Waals surface area (Å²) < 4.78 is 15.8. The van der Waals surface area contributed by atoms with E-state index in [1.165, 1.54) is 0 Å². The van der Waals surface area contributed by atoms with Gasteiger partial charge in [-0.3, -0.25) is 0 Å². The molecule has 0 radical (unpaired) electrons. The van der Waals surface area contributed by atoms with Gasteiger partial charge in [0.1, 0.15) is 18.1 Å². The maximum atomic E-state index is 12.1. The van der Waals surface area contributed by atoms with E-state index in [2.05, 4.69) is 5.16 Å². The van der Waals surface area contributed by atoms with Crippen LogP contribution in [0.2, 0.25) is 0 Å². The Kier molecular flexibility index (Phi) is 4.61. The lowest BCUT2D eigenvalue weighted by molar-refractivity contribution is 0.0463. The van der Waals surface area contributed by atoms with E-state index in [0.717, 1.165) is 16.9 Å². The molecule has 1 heterocycles. The number of rotatable bonds is 5. The predicted octanol–water partition coefficient (Wildman–Crippen LogP) is 4.02. The van der Waals surface area contributed by atoms with Gasteiger partial charge in [0.2, 0.25) is 0 Å². The average Bonchev–Trinajstić information content (AvgIpc) is 3.09. The molecule has 0 saturated heterocycles. The van der Waals surface area contributed by atoms with E-state index >= 15 is 0 Å². The van der Waals surface area contributed by atoms with Gasteiger partial charge in [0.05, 0.1) is 12.7 Å².